The second-order valence-electron chi connectivity index (χ2n) is 6.35. The highest BCUT2D eigenvalue weighted by atomic mass is 16.2. The first kappa shape index (κ1) is 12.4. The lowest BCUT2D eigenvalue weighted by Gasteiger charge is -2.42. The number of hydrogen-bond donors (Lipinski definition) is 2. The summed E-state index contributed by atoms with van der Waals surface area (Å²) in [6.45, 7) is 1.83. The number of likely N-dealkylation sites (tertiary alicyclic amines) is 1. The number of carbonyl (C=O) groups is 1. The molecule has 0 aromatic rings. The third-order valence-corrected chi connectivity index (χ3v) is 4.97. The van der Waals surface area contributed by atoms with Crippen molar-refractivity contribution in [1.82, 2.24) is 10.2 Å². The van der Waals surface area contributed by atoms with Crippen molar-refractivity contribution >= 4 is 5.91 Å². The quantitative estimate of drug-likeness (QED) is 0.765. The average Bonchev–Trinajstić information content (AvgIpc) is 2.74. The van der Waals surface area contributed by atoms with Crippen molar-refractivity contribution in [2.24, 2.45) is 11.7 Å². The predicted molar refractivity (Wildman–Crippen MR) is 71.1 cm³/mol. The average molecular weight is 251 g/mol. The van der Waals surface area contributed by atoms with E-state index >= 15 is 0 Å². The monoisotopic (exact) mass is 251 g/mol. The van der Waals surface area contributed by atoms with Crippen LogP contribution in [0.15, 0.2) is 0 Å². The van der Waals surface area contributed by atoms with Gasteiger partial charge in [0.1, 0.15) is 0 Å². The third kappa shape index (κ3) is 2.54. The van der Waals surface area contributed by atoms with Crippen LogP contribution in [0.4, 0.5) is 0 Å². The van der Waals surface area contributed by atoms with Crippen LogP contribution in [-0.4, -0.2) is 42.0 Å². The molecule has 2 saturated heterocycles. The van der Waals surface area contributed by atoms with Gasteiger partial charge in [-0.1, -0.05) is 12.8 Å². The molecule has 0 aromatic carbocycles. The molecule has 2 heterocycles. The molecule has 1 amide bonds. The van der Waals surface area contributed by atoms with E-state index in [1.807, 2.05) is 0 Å². The summed E-state index contributed by atoms with van der Waals surface area (Å²) in [5.74, 6) is 0.781. The summed E-state index contributed by atoms with van der Waals surface area (Å²) < 4.78 is 0. The molecule has 0 radical (unpaired) electrons. The summed E-state index contributed by atoms with van der Waals surface area (Å²) in [5.41, 5.74) is 6.07. The molecule has 2 bridgehead atoms. The number of nitrogens with two attached hydrogens (primary N) is 1. The molecule has 1 aliphatic carbocycles. The first-order valence-corrected chi connectivity index (χ1v) is 7.52. The van der Waals surface area contributed by atoms with Crippen LogP contribution >= 0.6 is 0 Å². The zero-order chi connectivity index (χ0) is 12.5. The minimum Gasteiger partial charge on any atom is -0.340 e. The van der Waals surface area contributed by atoms with Crippen molar-refractivity contribution in [2.75, 3.05) is 13.1 Å². The number of nitrogens with one attached hydrogen (secondary N) is 1. The number of piperazine rings is 1. The lowest BCUT2D eigenvalue weighted by atomic mass is 9.93. The van der Waals surface area contributed by atoms with Gasteiger partial charge in [0.05, 0.1) is 0 Å². The van der Waals surface area contributed by atoms with Gasteiger partial charge in [-0.05, 0) is 31.6 Å². The number of fused-ring (bicyclic) bond motifs is 2. The Bertz CT molecular complexity index is 308. The molecule has 2 aliphatic heterocycles. The van der Waals surface area contributed by atoms with E-state index in [0.29, 0.717) is 30.3 Å². The van der Waals surface area contributed by atoms with E-state index in [4.69, 9.17) is 5.73 Å². The Hall–Kier alpha value is -0.610. The van der Waals surface area contributed by atoms with Crippen molar-refractivity contribution < 1.29 is 4.79 Å². The van der Waals surface area contributed by atoms with Crippen molar-refractivity contribution in [3.05, 3.63) is 0 Å². The minimum atomic E-state index is 0.261. The molecule has 3 N–H and O–H groups in total. The summed E-state index contributed by atoms with van der Waals surface area (Å²) in [6, 6.07) is 1.34. The molecular weight excluding hydrogens is 226 g/mol. The molecule has 0 aromatic heterocycles. The second kappa shape index (κ2) is 5.17. The molecule has 3 fully saturated rings. The van der Waals surface area contributed by atoms with Crippen LogP contribution in [0.1, 0.15) is 44.9 Å². The van der Waals surface area contributed by atoms with Gasteiger partial charge in [-0.15, -0.1) is 0 Å². The van der Waals surface area contributed by atoms with Gasteiger partial charge in [-0.2, -0.15) is 0 Å². The van der Waals surface area contributed by atoms with Crippen LogP contribution < -0.4 is 11.1 Å². The van der Waals surface area contributed by atoms with E-state index < -0.39 is 0 Å². The normalized spacial score (nSPS) is 39.9. The highest BCUT2D eigenvalue weighted by Gasteiger charge is 2.34. The van der Waals surface area contributed by atoms with Gasteiger partial charge in [-0.25, -0.2) is 0 Å². The van der Waals surface area contributed by atoms with Crippen LogP contribution in [0.3, 0.4) is 0 Å². The van der Waals surface area contributed by atoms with E-state index in [2.05, 4.69) is 10.2 Å². The Kier molecular flexibility index (Phi) is 3.57. The maximum Gasteiger partial charge on any atom is 0.223 e. The lowest BCUT2D eigenvalue weighted by molar-refractivity contribution is -0.134. The number of rotatable bonds is 2. The highest BCUT2D eigenvalue weighted by Crippen LogP contribution is 2.28. The molecule has 4 atom stereocenters. The summed E-state index contributed by atoms with van der Waals surface area (Å²) in [7, 11) is 0. The van der Waals surface area contributed by atoms with Crippen LogP contribution in [0, 0.1) is 5.92 Å². The maximum atomic E-state index is 12.4. The Morgan fingerprint density at radius 3 is 2.39 bits per heavy atom. The SMILES string of the molecule is N[C@@H]1CCC[C@H]1CC(=O)N1CC2CCCC(C1)N2. The Morgan fingerprint density at radius 1 is 1.11 bits per heavy atom. The fraction of sp³-hybridized carbons (Fsp3) is 0.929. The van der Waals surface area contributed by atoms with Crippen molar-refractivity contribution in [1.29, 1.82) is 0 Å². The molecule has 3 aliphatic rings. The highest BCUT2D eigenvalue weighted by molar-refractivity contribution is 5.76. The Morgan fingerprint density at radius 2 is 1.78 bits per heavy atom. The summed E-state index contributed by atoms with van der Waals surface area (Å²) in [5, 5.41) is 3.62. The fourth-order valence-electron chi connectivity index (χ4n) is 3.88. The number of nitrogens with zero attached hydrogens (tertiary/aromatic N) is 1. The topological polar surface area (TPSA) is 58.4 Å². The lowest BCUT2D eigenvalue weighted by Crippen LogP contribution is -2.60. The smallest absolute Gasteiger partial charge is 0.223 e. The maximum absolute atomic E-state index is 12.4. The fourth-order valence-corrected chi connectivity index (χ4v) is 3.88. The third-order valence-electron chi connectivity index (χ3n) is 4.97. The molecular formula is C14H25N3O. The van der Waals surface area contributed by atoms with Crippen molar-refractivity contribution in [3.8, 4) is 0 Å². The molecule has 2 unspecified atom stereocenters. The minimum absolute atomic E-state index is 0.261. The van der Waals surface area contributed by atoms with Gasteiger partial charge in [0.15, 0.2) is 0 Å². The van der Waals surface area contributed by atoms with Gasteiger partial charge >= 0.3 is 0 Å². The zero-order valence-corrected chi connectivity index (χ0v) is 11.1. The van der Waals surface area contributed by atoms with Gasteiger partial charge in [-0.3, -0.25) is 4.79 Å². The van der Waals surface area contributed by atoms with Gasteiger partial charge in [0.25, 0.3) is 0 Å². The standard InChI is InChI=1S/C14H25N3O/c15-13-6-1-3-10(13)7-14(18)17-8-11-4-2-5-12(9-17)16-11/h10-13,16H,1-9,15H2/t10-,11?,12?,13+/m0/s1. The summed E-state index contributed by atoms with van der Waals surface area (Å²) in [6.07, 6.45) is 7.90. The largest absolute Gasteiger partial charge is 0.340 e. The summed E-state index contributed by atoms with van der Waals surface area (Å²) >= 11 is 0. The second-order valence-corrected chi connectivity index (χ2v) is 6.35. The predicted octanol–water partition coefficient (Wildman–Crippen LogP) is 0.857. The van der Waals surface area contributed by atoms with Crippen molar-refractivity contribution in [2.45, 2.75) is 63.1 Å². The molecule has 18 heavy (non-hydrogen) atoms. The molecule has 4 heteroatoms. The van der Waals surface area contributed by atoms with Crippen LogP contribution in [0.2, 0.25) is 0 Å². The Balaban J connectivity index is 1.55. The molecule has 3 rings (SSSR count). The van der Waals surface area contributed by atoms with E-state index in [-0.39, 0.29) is 6.04 Å². The van der Waals surface area contributed by atoms with E-state index in [9.17, 15) is 4.79 Å². The van der Waals surface area contributed by atoms with Crippen LogP contribution in [0.25, 0.3) is 0 Å². The van der Waals surface area contributed by atoms with E-state index in [1.54, 1.807) is 0 Å². The number of piperidine rings is 1. The Labute approximate surface area is 109 Å². The molecule has 102 valence electrons. The van der Waals surface area contributed by atoms with Gasteiger partial charge in [0.2, 0.25) is 5.91 Å². The first-order chi connectivity index (χ1) is 8.72. The molecule has 1 saturated carbocycles. The zero-order valence-electron chi connectivity index (χ0n) is 11.1. The first-order valence-electron chi connectivity index (χ1n) is 7.52. The van der Waals surface area contributed by atoms with Crippen LogP contribution in [0.5, 0.6) is 0 Å². The van der Waals surface area contributed by atoms with Gasteiger partial charge in [0, 0.05) is 37.6 Å². The van der Waals surface area contributed by atoms with Crippen LogP contribution in [-0.2, 0) is 4.79 Å². The van der Waals surface area contributed by atoms with E-state index in [1.165, 1.54) is 25.7 Å². The van der Waals surface area contributed by atoms with Gasteiger partial charge < -0.3 is 16.0 Å². The number of amides is 1. The number of carbonyl (C=O) groups excluding carboxylic acids is 1. The molecule has 4 nitrogen and oxygen atoms in total. The van der Waals surface area contributed by atoms with Crippen molar-refractivity contribution in [3.63, 3.8) is 0 Å². The molecule has 0 spiro atoms. The summed E-state index contributed by atoms with van der Waals surface area (Å²) in [4.78, 5) is 14.5. The number of hydrogen-bond acceptors (Lipinski definition) is 3. The van der Waals surface area contributed by atoms with E-state index in [0.717, 1.165) is 25.9 Å².